The van der Waals surface area contributed by atoms with E-state index >= 15 is 0 Å². The number of nitrogens with zero attached hydrogens (tertiary/aromatic N) is 4. The third kappa shape index (κ3) is 5.33. The molecule has 0 spiro atoms. The fourth-order valence-corrected chi connectivity index (χ4v) is 4.08. The lowest BCUT2D eigenvalue weighted by Gasteiger charge is -2.18. The molecule has 0 fully saturated rings. The van der Waals surface area contributed by atoms with E-state index in [4.69, 9.17) is 15.2 Å². The lowest BCUT2D eigenvalue weighted by Crippen LogP contribution is -2.21. The van der Waals surface area contributed by atoms with Crippen molar-refractivity contribution >= 4 is 23.0 Å². The van der Waals surface area contributed by atoms with Crippen molar-refractivity contribution in [1.29, 1.82) is 0 Å². The van der Waals surface area contributed by atoms with E-state index in [0.29, 0.717) is 31.4 Å². The second-order valence-corrected chi connectivity index (χ2v) is 8.45. The third-order valence-electron chi connectivity index (χ3n) is 5.86. The molecule has 206 valence electrons. The molecule has 1 aliphatic rings. The first-order chi connectivity index (χ1) is 19.1. The maximum absolute atomic E-state index is 15.0. The second kappa shape index (κ2) is 10.7. The molecule has 5 rings (SSSR count). The number of nitrogens with one attached hydrogen (secondary N) is 1. The number of hydrogen-bond donors (Lipinski definition) is 2. The van der Waals surface area contributed by atoms with Gasteiger partial charge in [0.2, 0.25) is 0 Å². The molecule has 0 unspecified atom stereocenters. The number of benzene rings is 1. The lowest BCUT2D eigenvalue weighted by molar-refractivity contribution is -0.143. The molecule has 1 amide bonds. The summed E-state index contributed by atoms with van der Waals surface area (Å²) in [4.78, 5) is 20.4. The first kappa shape index (κ1) is 26.7. The number of nitrogens with two attached hydrogens (primary N) is 1. The highest BCUT2D eigenvalue weighted by atomic mass is 19.4. The van der Waals surface area contributed by atoms with Gasteiger partial charge in [-0.3, -0.25) is 4.79 Å². The van der Waals surface area contributed by atoms with Crippen LogP contribution in [-0.2, 0) is 10.9 Å². The molecule has 1 aliphatic heterocycles. The van der Waals surface area contributed by atoms with Gasteiger partial charge in [-0.25, -0.2) is 23.4 Å². The minimum Gasteiger partial charge on any atom is -0.453 e. The Morgan fingerprint density at radius 2 is 1.90 bits per heavy atom. The molecule has 14 heteroatoms. The standard InChI is InChI=1S/C26H19F5N6O3/c27-17-2-1-8-34-24(17)37-22(26(29,30)31)16(13-35-37)25(38)36-15-3-4-19(18(28)12-15)40-20-5-9-33-23(32)21(20)14-6-10-39-11-7-14/h1-6,8-9,12-13H,7,10-11H2,(H2,32,33)(H,36,38). The van der Waals surface area contributed by atoms with Crippen LogP contribution in [0.5, 0.6) is 11.5 Å². The molecule has 0 bridgehead atoms. The molecule has 3 aromatic heterocycles. The monoisotopic (exact) mass is 558 g/mol. The van der Waals surface area contributed by atoms with Crippen LogP contribution in [0.15, 0.2) is 61.1 Å². The zero-order valence-corrected chi connectivity index (χ0v) is 20.4. The topological polar surface area (TPSA) is 117 Å². The molecule has 0 atom stereocenters. The number of halogens is 5. The number of hydrogen-bond acceptors (Lipinski definition) is 7. The molecule has 4 aromatic rings. The van der Waals surface area contributed by atoms with Crippen LogP contribution < -0.4 is 15.8 Å². The van der Waals surface area contributed by atoms with E-state index in [1.165, 1.54) is 30.5 Å². The minimum atomic E-state index is -5.10. The maximum Gasteiger partial charge on any atom is 0.434 e. The Hall–Kier alpha value is -4.85. The largest absolute Gasteiger partial charge is 0.453 e. The van der Waals surface area contributed by atoms with E-state index in [-0.39, 0.29) is 27.7 Å². The SMILES string of the molecule is Nc1nccc(Oc2ccc(NC(=O)c3cnn(-c4ncccc4F)c3C(F)(F)F)cc2F)c1C1=CCOCC1. The second-order valence-electron chi connectivity index (χ2n) is 8.45. The van der Waals surface area contributed by atoms with Gasteiger partial charge in [0.25, 0.3) is 5.91 Å². The fraction of sp³-hybridized carbons (Fsp3) is 0.154. The molecule has 0 saturated heterocycles. The first-order valence-electron chi connectivity index (χ1n) is 11.7. The van der Waals surface area contributed by atoms with Crippen molar-refractivity contribution in [1.82, 2.24) is 19.7 Å². The summed E-state index contributed by atoms with van der Waals surface area (Å²) in [6, 6.07) is 6.92. The van der Waals surface area contributed by atoms with Crippen LogP contribution in [0.1, 0.15) is 28.0 Å². The minimum absolute atomic E-state index is 0.165. The van der Waals surface area contributed by atoms with Gasteiger partial charge in [0.15, 0.2) is 28.9 Å². The van der Waals surface area contributed by atoms with Crippen molar-refractivity contribution in [2.45, 2.75) is 12.6 Å². The van der Waals surface area contributed by atoms with Gasteiger partial charge in [-0.05, 0) is 42.3 Å². The van der Waals surface area contributed by atoms with Gasteiger partial charge in [0.05, 0.1) is 30.5 Å². The number of carbonyl (C=O) groups is 1. The number of rotatable bonds is 6. The molecule has 4 heterocycles. The molecular weight excluding hydrogens is 539 g/mol. The average molecular weight is 558 g/mol. The number of anilines is 2. The molecule has 0 saturated carbocycles. The molecule has 0 aliphatic carbocycles. The van der Waals surface area contributed by atoms with E-state index in [1.54, 1.807) is 0 Å². The van der Waals surface area contributed by atoms with Crippen molar-refractivity contribution in [2.75, 3.05) is 24.3 Å². The summed E-state index contributed by atoms with van der Waals surface area (Å²) in [7, 11) is 0. The van der Waals surface area contributed by atoms with E-state index in [0.717, 1.165) is 23.9 Å². The van der Waals surface area contributed by atoms with Crippen LogP contribution in [0.4, 0.5) is 33.5 Å². The van der Waals surface area contributed by atoms with Gasteiger partial charge in [-0.15, -0.1) is 0 Å². The Morgan fingerprint density at radius 3 is 2.60 bits per heavy atom. The lowest BCUT2D eigenvalue weighted by atomic mass is 10.0. The molecule has 1 aromatic carbocycles. The summed E-state index contributed by atoms with van der Waals surface area (Å²) < 4.78 is 82.0. The number of alkyl halides is 3. The van der Waals surface area contributed by atoms with Crippen molar-refractivity contribution in [3.8, 4) is 17.3 Å². The highest BCUT2D eigenvalue weighted by Gasteiger charge is 2.41. The summed E-state index contributed by atoms with van der Waals surface area (Å²) in [6.07, 6.45) is 0.369. The Morgan fingerprint density at radius 1 is 1.07 bits per heavy atom. The van der Waals surface area contributed by atoms with Crippen molar-refractivity contribution in [3.05, 3.63) is 89.5 Å². The van der Waals surface area contributed by atoms with Crippen LogP contribution in [0.3, 0.4) is 0 Å². The average Bonchev–Trinajstić information content (AvgIpc) is 3.37. The number of carbonyl (C=O) groups excluding carboxylic acids is 1. The number of aromatic nitrogens is 4. The number of amides is 1. The van der Waals surface area contributed by atoms with Crippen molar-refractivity contribution in [3.63, 3.8) is 0 Å². The number of nitrogen functional groups attached to an aromatic ring is 1. The molecule has 9 nitrogen and oxygen atoms in total. The summed E-state index contributed by atoms with van der Waals surface area (Å²) >= 11 is 0. The fourth-order valence-electron chi connectivity index (χ4n) is 4.08. The molecular formula is C26H19F5N6O3. The van der Waals surface area contributed by atoms with Gasteiger partial charge in [-0.2, -0.15) is 18.3 Å². The predicted octanol–water partition coefficient (Wildman–Crippen LogP) is 5.39. The third-order valence-corrected chi connectivity index (χ3v) is 5.86. The van der Waals surface area contributed by atoms with Gasteiger partial charge >= 0.3 is 6.18 Å². The van der Waals surface area contributed by atoms with Crippen LogP contribution in [-0.4, -0.2) is 38.9 Å². The molecule has 40 heavy (non-hydrogen) atoms. The summed E-state index contributed by atoms with van der Waals surface area (Å²) in [5.41, 5.74) is 4.72. The van der Waals surface area contributed by atoms with Gasteiger partial charge in [0, 0.05) is 24.1 Å². The van der Waals surface area contributed by atoms with Gasteiger partial charge in [0.1, 0.15) is 11.6 Å². The maximum atomic E-state index is 15.0. The number of pyridine rings is 2. The summed E-state index contributed by atoms with van der Waals surface area (Å²) in [5.74, 6) is -3.79. The van der Waals surface area contributed by atoms with Crippen molar-refractivity contribution < 1.29 is 36.2 Å². The van der Waals surface area contributed by atoms with E-state index in [2.05, 4.69) is 20.4 Å². The Bertz CT molecular complexity index is 1620. The molecule has 0 radical (unpaired) electrons. The Balaban J connectivity index is 1.40. The summed E-state index contributed by atoms with van der Waals surface area (Å²) in [5, 5.41) is 5.72. The Kier molecular flexibility index (Phi) is 7.17. The normalized spacial score (nSPS) is 13.6. The smallest absolute Gasteiger partial charge is 0.434 e. The Labute approximate surface area is 223 Å². The van der Waals surface area contributed by atoms with Crippen molar-refractivity contribution in [2.24, 2.45) is 0 Å². The van der Waals surface area contributed by atoms with Gasteiger partial charge < -0.3 is 20.5 Å². The quantitative estimate of drug-likeness (QED) is 0.305. The number of ether oxygens (including phenoxy) is 2. The van der Waals surface area contributed by atoms with Crippen LogP contribution in [0, 0.1) is 11.6 Å². The first-order valence-corrected chi connectivity index (χ1v) is 11.7. The van der Waals surface area contributed by atoms with Crippen LogP contribution >= 0.6 is 0 Å². The highest BCUT2D eigenvalue weighted by Crippen LogP contribution is 2.37. The van der Waals surface area contributed by atoms with Crippen LogP contribution in [0.2, 0.25) is 0 Å². The van der Waals surface area contributed by atoms with E-state index in [1.807, 2.05) is 6.08 Å². The summed E-state index contributed by atoms with van der Waals surface area (Å²) in [6.45, 7) is 0.839. The highest BCUT2D eigenvalue weighted by molar-refractivity contribution is 6.05. The van der Waals surface area contributed by atoms with E-state index < -0.39 is 40.8 Å². The van der Waals surface area contributed by atoms with Gasteiger partial charge in [-0.1, -0.05) is 6.08 Å². The zero-order valence-electron chi connectivity index (χ0n) is 20.4. The predicted molar refractivity (Wildman–Crippen MR) is 133 cm³/mol. The van der Waals surface area contributed by atoms with Crippen LogP contribution in [0.25, 0.3) is 11.4 Å². The zero-order chi connectivity index (χ0) is 28.4. The molecule has 3 N–H and O–H groups in total. The van der Waals surface area contributed by atoms with E-state index in [9.17, 15) is 26.7 Å².